The molecule has 0 amide bonds. The molecule has 0 unspecified atom stereocenters. The number of rotatable bonds is 2. The van der Waals surface area contributed by atoms with Gasteiger partial charge >= 0.3 is 0 Å². The zero-order valence-corrected chi connectivity index (χ0v) is 11.3. The molecule has 0 saturated carbocycles. The summed E-state index contributed by atoms with van der Waals surface area (Å²) in [5.41, 5.74) is 2.42. The standard InChI is InChI=1S/C16H18O3/c1-10-8-11(4-6-13(10)17)16(2,3)12-5-7-14(18)15(19)9-12/h4-9,17-19H,1-3H3. The molecule has 0 spiro atoms. The van der Waals surface area contributed by atoms with Crippen molar-refractivity contribution in [1.29, 1.82) is 0 Å². The first-order valence-corrected chi connectivity index (χ1v) is 6.15. The van der Waals surface area contributed by atoms with E-state index in [1.165, 1.54) is 6.07 Å². The number of hydrogen-bond acceptors (Lipinski definition) is 3. The Balaban J connectivity index is 2.51. The van der Waals surface area contributed by atoms with Crippen molar-refractivity contribution in [2.45, 2.75) is 26.2 Å². The fourth-order valence-electron chi connectivity index (χ4n) is 2.12. The van der Waals surface area contributed by atoms with Crippen molar-refractivity contribution in [1.82, 2.24) is 0 Å². The second-order valence-corrected chi connectivity index (χ2v) is 5.33. The summed E-state index contributed by atoms with van der Waals surface area (Å²) in [7, 11) is 0. The van der Waals surface area contributed by atoms with Gasteiger partial charge in [-0.25, -0.2) is 0 Å². The van der Waals surface area contributed by atoms with Crippen molar-refractivity contribution in [2.24, 2.45) is 0 Å². The van der Waals surface area contributed by atoms with Crippen LogP contribution < -0.4 is 0 Å². The van der Waals surface area contributed by atoms with Gasteiger partial charge in [0.15, 0.2) is 11.5 Å². The lowest BCUT2D eigenvalue weighted by Crippen LogP contribution is -2.18. The average Bonchev–Trinajstić information content (AvgIpc) is 2.35. The van der Waals surface area contributed by atoms with Crippen LogP contribution in [0.2, 0.25) is 0 Å². The monoisotopic (exact) mass is 258 g/mol. The lowest BCUT2D eigenvalue weighted by Gasteiger charge is -2.27. The van der Waals surface area contributed by atoms with Gasteiger partial charge in [-0.2, -0.15) is 0 Å². The zero-order valence-electron chi connectivity index (χ0n) is 11.3. The number of hydrogen-bond donors (Lipinski definition) is 3. The third-order valence-electron chi connectivity index (χ3n) is 3.62. The van der Waals surface area contributed by atoms with E-state index in [4.69, 9.17) is 0 Å². The van der Waals surface area contributed by atoms with E-state index in [9.17, 15) is 15.3 Å². The Bertz CT molecular complexity index is 562. The van der Waals surface area contributed by atoms with Crippen molar-refractivity contribution in [3.63, 3.8) is 0 Å². The van der Waals surface area contributed by atoms with Gasteiger partial charge in [-0.15, -0.1) is 0 Å². The maximum absolute atomic E-state index is 9.62. The summed E-state index contributed by atoms with van der Waals surface area (Å²) in [6.07, 6.45) is 0. The molecule has 3 nitrogen and oxygen atoms in total. The SMILES string of the molecule is Cc1cc(C(C)(C)c2ccc(O)c(O)c2)ccc1O. The van der Waals surface area contributed by atoms with Crippen molar-refractivity contribution in [3.05, 3.63) is 53.1 Å². The molecule has 0 aliphatic carbocycles. The molecule has 0 aliphatic rings. The molecule has 0 fully saturated rings. The van der Waals surface area contributed by atoms with Crippen LogP contribution in [0.25, 0.3) is 0 Å². The molecule has 0 saturated heterocycles. The fourth-order valence-corrected chi connectivity index (χ4v) is 2.12. The summed E-state index contributed by atoms with van der Waals surface area (Å²) in [5.74, 6) is 0.0237. The molecule has 2 aromatic rings. The lowest BCUT2D eigenvalue weighted by molar-refractivity contribution is 0.402. The molecule has 0 aliphatic heterocycles. The first-order valence-electron chi connectivity index (χ1n) is 6.15. The second-order valence-electron chi connectivity index (χ2n) is 5.33. The molecule has 0 bridgehead atoms. The van der Waals surface area contributed by atoms with Gasteiger partial charge in [0.25, 0.3) is 0 Å². The predicted molar refractivity (Wildman–Crippen MR) is 74.7 cm³/mol. The highest BCUT2D eigenvalue weighted by atomic mass is 16.3. The smallest absolute Gasteiger partial charge is 0.157 e. The number of phenols is 3. The minimum Gasteiger partial charge on any atom is -0.508 e. The summed E-state index contributed by atoms with van der Waals surface area (Å²) < 4.78 is 0. The highest BCUT2D eigenvalue weighted by Crippen LogP contribution is 2.37. The zero-order chi connectivity index (χ0) is 14.2. The predicted octanol–water partition coefficient (Wildman–Crippen LogP) is 3.44. The van der Waals surface area contributed by atoms with E-state index < -0.39 is 0 Å². The van der Waals surface area contributed by atoms with Gasteiger partial charge in [0.1, 0.15) is 5.75 Å². The molecule has 100 valence electrons. The topological polar surface area (TPSA) is 60.7 Å². The van der Waals surface area contributed by atoms with Gasteiger partial charge in [-0.3, -0.25) is 0 Å². The Kier molecular flexibility index (Phi) is 3.14. The molecule has 2 aromatic carbocycles. The van der Waals surface area contributed by atoms with Gasteiger partial charge in [0.2, 0.25) is 0 Å². The van der Waals surface area contributed by atoms with Gasteiger partial charge in [0, 0.05) is 5.41 Å². The van der Waals surface area contributed by atoms with E-state index in [0.717, 1.165) is 16.7 Å². The number of aromatic hydroxyl groups is 3. The minimum atomic E-state index is -0.330. The van der Waals surface area contributed by atoms with Crippen molar-refractivity contribution in [3.8, 4) is 17.2 Å². The van der Waals surface area contributed by atoms with Crippen LogP contribution in [0.4, 0.5) is 0 Å². The summed E-state index contributed by atoms with van der Waals surface area (Å²) >= 11 is 0. The third-order valence-corrected chi connectivity index (χ3v) is 3.62. The van der Waals surface area contributed by atoms with Crippen LogP contribution in [-0.2, 0) is 5.41 Å². The van der Waals surface area contributed by atoms with E-state index in [1.807, 2.05) is 32.9 Å². The average molecular weight is 258 g/mol. The summed E-state index contributed by atoms with van der Waals surface area (Å²) in [4.78, 5) is 0. The highest BCUT2D eigenvalue weighted by Gasteiger charge is 2.24. The van der Waals surface area contributed by atoms with E-state index in [0.29, 0.717) is 0 Å². The Hall–Kier alpha value is -2.16. The minimum absolute atomic E-state index is 0.124. The van der Waals surface area contributed by atoms with Crippen LogP contribution in [0.15, 0.2) is 36.4 Å². The maximum Gasteiger partial charge on any atom is 0.157 e. The number of aryl methyl sites for hydroxylation is 1. The molecule has 0 heterocycles. The van der Waals surface area contributed by atoms with Crippen LogP contribution in [0.3, 0.4) is 0 Å². The van der Waals surface area contributed by atoms with Crippen molar-refractivity contribution >= 4 is 0 Å². The molecule has 3 N–H and O–H groups in total. The molecule has 0 atom stereocenters. The lowest BCUT2D eigenvalue weighted by atomic mass is 9.77. The molecule has 3 heteroatoms. The van der Waals surface area contributed by atoms with Crippen molar-refractivity contribution in [2.75, 3.05) is 0 Å². The molecule has 19 heavy (non-hydrogen) atoms. The van der Waals surface area contributed by atoms with Crippen molar-refractivity contribution < 1.29 is 15.3 Å². The molecule has 0 aromatic heterocycles. The second kappa shape index (κ2) is 4.50. The highest BCUT2D eigenvalue weighted by molar-refractivity contribution is 5.48. The summed E-state index contributed by atoms with van der Waals surface area (Å²) in [6.45, 7) is 5.92. The fraction of sp³-hybridized carbons (Fsp3) is 0.250. The van der Waals surface area contributed by atoms with Gasteiger partial charge in [-0.1, -0.05) is 32.0 Å². The van der Waals surface area contributed by atoms with E-state index in [1.54, 1.807) is 18.2 Å². The quantitative estimate of drug-likeness (QED) is 0.723. The van der Waals surface area contributed by atoms with Crippen LogP contribution in [0.5, 0.6) is 17.2 Å². The summed E-state index contributed by atoms with van der Waals surface area (Å²) in [5, 5.41) is 28.6. The van der Waals surface area contributed by atoms with Crippen LogP contribution in [0.1, 0.15) is 30.5 Å². The largest absolute Gasteiger partial charge is 0.508 e. The van der Waals surface area contributed by atoms with E-state index in [2.05, 4.69) is 0 Å². The molecular formula is C16H18O3. The van der Waals surface area contributed by atoms with Gasteiger partial charge in [0.05, 0.1) is 0 Å². The Morgan fingerprint density at radius 2 is 1.26 bits per heavy atom. The molecule has 0 radical (unpaired) electrons. The van der Waals surface area contributed by atoms with Crippen LogP contribution in [-0.4, -0.2) is 15.3 Å². The van der Waals surface area contributed by atoms with Gasteiger partial charge < -0.3 is 15.3 Å². The van der Waals surface area contributed by atoms with E-state index in [-0.39, 0.29) is 22.7 Å². The summed E-state index contributed by atoms with van der Waals surface area (Å²) in [6, 6.07) is 10.3. The van der Waals surface area contributed by atoms with Crippen LogP contribution >= 0.6 is 0 Å². The molecule has 2 rings (SSSR count). The van der Waals surface area contributed by atoms with Gasteiger partial charge in [-0.05, 0) is 41.8 Å². The number of phenolic OH excluding ortho intramolecular Hbond substituents is 3. The van der Waals surface area contributed by atoms with E-state index >= 15 is 0 Å². The molecular weight excluding hydrogens is 240 g/mol. The number of benzene rings is 2. The maximum atomic E-state index is 9.62. The Morgan fingerprint density at radius 1 is 0.737 bits per heavy atom. The van der Waals surface area contributed by atoms with Crippen LogP contribution in [0, 0.1) is 6.92 Å². The third kappa shape index (κ3) is 2.36. The normalized spacial score (nSPS) is 11.5. The Labute approximate surface area is 112 Å². The Morgan fingerprint density at radius 3 is 1.79 bits per heavy atom. The first kappa shape index (κ1) is 13.3. The first-order chi connectivity index (χ1) is 8.82.